The van der Waals surface area contributed by atoms with Crippen molar-refractivity contribution < 1.29 is 9.53 Å². The molecule has 3 nitrogen and oxygen atoms in total. The van der Waals surface area contributed by atoms with E-state index < -0.39 is 5.60 Å². The Morgan fingerprint density at radius 2 is 2.17 bits per heavy atom. The van der Waals surface area contributed by atoms with Crippen LogP contribution in [0.25, 0.3) is 0 Å². The molecule has 1 aliphatic heterocycles. The number of thiol groups is 1. The largest absolute Gasteiger partial charge is 0.444 e. The molecule has 4 heteroatoms. The monoisotopic (exact) mass is 271 g/mol. The lowest BCUT2D eigenvalue weighted by molar-refractivity contribution is 0.0273. The maximum Gasteiger partial charge on any atom is 0.410 e. The van der Waals surface area contributed by atoms with Gasteiger partial charge in [-0.1, -0.05) is 0 Å². The molecule has 1 saturated heterocycles. The van der Waals surface area contributed by atoms with Crippen LogP contribution in [-0.4, -0.2) is 35.4 Å². The van der Waals surface area contributed by atoms with E-state index in [0.717, 1.165) is 31.2 Å². The van der Waals surface area contributed by atoms with Crippen molar-refractivity contribution in [2.45, 2.75) is 52.1 Å². The zero-order valence-electron chi connectivity index (χ0n) is 11.7. The summed E-state index contributed by atoms with van der Waals surface area (Å²) in [6.45, 7) is 7.50. The predicted octanol–water partition coefficient (Wildman–Crippen LogP) is 3.34. The number of hydrogen-bond donors (Lipinski definition) is 1. The van der Waals surface area contributed by atoms with Crippen LogP contribution >= 0.6 is 12.6 Å². The zero-order valence-corrected chi connectivity index (χ0v) is 12.6. The van der Waals surface area contributed by atoms with E-state index in [-0.39, 0.29) is 6.09 Å². The molecule has 0 N–H and O–H groups in total. The van der Waals surface area contributed by atoms with Gasteiger partial charge in [0, 0.05) is 13.1 Å². The van der Waals surface area contributed by atoms with Crippen molar-refractivity contribution in [2.75, 3.05) is 18.8 Å². The van der Waals surface area contributed by atoms with Gasteiger partial charge in [0.15, 0.2) is 0 Å². The number of carbonyl (C=O) groups excluding carboxylic acids is 1. The SMILES string of the molecule is CC(C)(C)OC(=O)N1CCC2(CCC(CS)C2)C1. The highest BCUT2D eigenvalue weighted by Crippen LogP contribution is 2.48. The standard InChI is InChI=1S/C14H25NO2S/c1-13(2,3)17-12(16)15-7-6-14(10-15)5-4-11(8-14)9-18/h11,18H,4-10H2,1-3H3. The van der Waals surface area contributed by atoms with Crippen LogP contribution in [0, 0.1) is 11.3 Å². The van der Waals surface area contributed by atoms with Crippen LogP contribution in [0.5, 0.6) is 0 Å². The minimum Gasteiger partial charge on any atom is -0.444 e. The molecule has 1 saturated carbocycles. The number of ether oxygens (including phenoxy) is 1. The van der Waals surface area contributed by atoms with Crippen molar-refractivity contribution in [3.05, 3.63) is 0 Å². The van der Waals surface area contributed by atoms with Gasteiger partial charge in [0.2, 0.25) is 0 Å². The highest BCUT2D eigenvalue weighted by atomic mass is 32.1. The first-order chi connectivity index (χ1) is 8.34. The van der Waals surface area contributed by atoms with Gasteiger partial charge >= 0.3 is 6.09 Å². The van der Waals surface area contributed by atoms with Gasteiger partial charge < -0.3 is 9.64 Å². The van der Waals surface area contributed by atoms with Crippen LogP contribution in [0.3, 0.4) is 0 Å². The topological polar surface area (TPSA) is 29.5 Å². The molecule has 0 radical (unpaired) electrons. The number of nitrogens with zero attached hydrogens (tertiary/aromatic N) is 1. The molecular weight excluding hydrogens is 246 g/mol. The Hall–Kier alpha value is -0.380. The van der Waals surface area contributed by atoms with Gasteiger partial charge in [0.1, 0.15) is 5.60 Å². The van der Waals surface area contributed by atoms with Gasteiger partial charge in [-0.05, 0) is 63.5 Å². The van der Waals surface area contributed by atoms with E-state index in [4.69, 9.17) is 4.74 Å². The van der Waals surface area contributed by atoms with Crippen molar-refractivity contribution in [1.29, 1.82) is 0 Å². The van der Waals surface area contributed by atoms with Gasteiger partial charge in [-0.2, -0.15) is 12.6 Å². The van der Waals surface area contributed by atoms with Crippen molar-refractivity contribution >= 4 is 18.7 Å². The Morgan fingerprint density at radius 1 is 1.44 bits per heavy atom. The average molecular weight is 271 g/mol. The minimum atomic E-state index is -0.393. The molecule has 0 aromatic rings. The Morgan fingerprint density at radius 3 is 2.72 bits per heavy atom. The minimum absolute atomic E-state index is 0.145. The zero-order chi connectivity index (χ0) is 13.4. The fraction of sp³-hybridized carbons (Fsp3) is 0.929. The number of rotatable bonds is 1. The quantitative estimate of drug-likeness (QED) is 0.741. The Labute approximate surface area is 116 Å². The lowest BCUT2D eigenvalue weighted by Crippen LogP contribution is -2.36. The third-order valence-corrected chi connectivity index (χ3v) is 4.67. The summed E-state index contributed by atoms with van der Waals surface area (Å²) in [5.41, 5.74) is -0.0273. The van der Waals surface area contributed by atoms with Crippen LogP contribution in [0.2, 0.25) is 0 Å². The molecule has 0 aromatic carbocycles. The smallest absolute Gasteiger partial charge is 0.410 e. The molecule has 1 amide bonds. The van der Waals surface area contributed by atoms with Crippen molar-refractivity contribution in [1.82, 2.24) is 4.90 Å². The van der Waals surface area contributed by atoms with Crippen LogP contribution in [0.15, 0.2) is 0 Å². The summed E-state index contributed by atoms with van der Waals surface area (Å²) < 4.78 is 5.45. The van der Waals surface area contributed by atoms with Gasteiger partial charge in [0.25, 0.3) is 0 Å². The third-order valence-electron chi connectivity index (χ3n) is 4.15. The second-order valence-electron chi connectivity index (χ2n) is 6.94. The van der Waals surface area contributed by atoms with Crippen LogP contribution in [-0.2, 0) is 4.74 Å². The van der Waals surface area contributed by atoms with E-state index >= 15 is 0 Å². The predicted molar refractivity (Wildman–Crippen MR) is 76.1 cm³/mol. The van der Waals surface area contributed by atoms with Crippen molar-refractivity contribution in [2.24, 2.45) is 11.3 Å². The van der Waals surface area contributed by atoms with E-state index in [0.29, 0.717) is 5.41 Å². The second-order valence-corrected chi connectivity index (χ2v) is 7.31. The second kappa shape index (κ2) is 4.95. The highest BCUT2D eigenvalue weighted by molar-refractivity contribution is 7.80. The molecule has 2 unspecified atom stereocenters. The fourth-order valence-corrected chi connectivity index (χ4v) is 3.58. The first-order valence-electron chi connectivity index (χ1n) is 6.92. The highest BCUT2D eigenvalue weighted by Gasteiger charge is 2.45. The molecule has 104 valence electrons. The Bertz CT molecular complexity index is 326. The number of amides is 1. The number of hydrogen-bond acceptors (Lipinski definition) is 3. The third kappa shape index (κ3) is 3.14. The molecule has 2 rings (SSSR count). The molecule has 1 heterocycles. The molecule has 2 atom stereocenters. The lowest BCUT2D eigenvalue weighted by Gasteiger charge is -2.27. The summed E-state index contributed by atoms with van der Waals surface area (Å²) in [4.78, 5) is 13.9. The summed E-state index contributed by atoms with van der Waals surface area (Å²) in [6, 6.07) is 0. The van der Waals surface area contributed by atoms with E-state index in [1.165, 1.54) is 19.3 Å². The fourth-order valence-electron chi connectivity index (χ4n) is 3.27. The Kier molecular flexibility index (Phi) is 3.86. The normalized spacial score (nSPS) is 32.2. The van der Waals surface area contributed by atoms with Crippen LogP contribution in [0.4, 0.5) is 4.79 Å². The van der Waals surface area contributed by atoms with Gasteiger partial charge in [-0.15, -0.1) is 0 Å². The summed E-state index contributed by atoms with van der Waals surface area (Å²) in [6.07, 6.45) is 4.74. The Balaban J connectivity index is 1.91. The van der Waals surface area contributed by atoms with E-state index in [9.17, 15) is 4.79 Å². The first-order valence-corrected chi connectivity index (χ1v) is 7.56. The van der Waals surface area contributed by atoms with Crippen LogP contribution in [0.1, 0.15) is 46.5 Å². The molecule has 18 heavy (non-hydrogen) atoms. The number of carbonyl (C=O) groups is 1. The number of likely N-dealkylation sites (tertiary alicyclic amines) is 1. The van der Waals surface area contributed by atoms with Gasteiger partial charge in [-0.3, -0.25) is 0 Å². The lowest BCUT2D eigenvalue weighted by atomic mass is 9.85. The summed E-state index contributed by atoms with van der Waals surface area (Å²) in [5, 5.41) is 0. The molecule has 2 aliphatic rings. The molecular formula is C14H25NO2S. The summed E-state index contributed by atoms with van der Waals surface area (Å²) in [7, 11) is 0. The molecule has 2 fully saturated rings. The summed E-state index contributed by atoms with van der Waals surface area (Å²) >= 11 is 4.41. The van der Waals surface area contributed by atoms with Crippen molar-refractivity contribution in [3.63, 3.8) is 0 Å². The molecule has 1 spiro atoms. The molecule has 1 aliphatic carbocycles. The van der Waals surface area contributed by atoms with E-state index in [1.807, 2.05) is 25.7 Å². The average Bonchev–Trinajstić information content (AvgIpc) is 2.84. The van der Waals surface area contributed by atoms with Crippen LogP contribution < -0.4 is 0 Å². The van der Waals surface area contributed by atoms with Gasteiger partial charge in [-0.25, -0.2) is 4.79 Å². The van der Waals surface area contributed by atoms with E-state index in [1.54, 1.807) is 0 Å². The maximum absolute atomic E-state index is 12.0. The first kappa shape index (κ1) is 14.0. The summed E-state index contributed by atoms with van der Waals surface area (Å²) in [5.74, 6) is 1.72. The maximum atomic E-state index is 12.0. The molecule has 0 bridgehead atoms. The van der Waals surface area contributed by atoms with Crippen molar-refractivity contribution in [3.8, 4) is 0 Å². The molecule has 0 aromatic heterocycles. The van der Waals surface area contributed by atoms with E-state index in [2.05, 4.69) is 12.6 Å². The van der Waals surface area contributed by atoms with Gasteiger partial charge in [0.05, 0.1) is 0 Å².